The molecule has 1 rings (SSSR count). The molecule has 0 amide bonds. The number of ether oxygens (including phenoxy) is 1. The minimum Gasteiger partial charge on any atom is -0.461 e. The van der Waals surface area contributed by atoms with Crippen LogP contribution in [0.25, 0.3) is 0 Å². The van der Waals surface area contributed by atoms with Gasteiger partial charge in [0.25, 0.3) is 0 Å². The summed E-state index contributed by atoms with van der Waals surface area (Å²) in [4.78, 5) is 11.3. The van der Waals surface area contributed by atoms with Crippen LogP contribution in [-0.2, 0) is 9.53 Å². The topological polar surface area (TPSA) is 26.3 Å². The first kappa shape index (κ1) is 16.7. The minimum absolute atomic E-state index is 0.163. The van der Waals surface area contributed by atoms with Crippen LogP contribution in [0.15, 0.2) is 35.2 Å². The van der Waals surface area contributed by atoms with Crippen molar-refractivity contribution >= 4 is 5.97 Å². The molecular weight excluding hydrogens is 255 g/mol. The Hall–Kier alpha value is -1.38. The van der Waals surface area contributed by atoms with Gasteiger partial charge in [-0.1, -0.05) is 37.6 Å². The average molecular weight is 280 g/mol. The first-order chi connectivity index (χ1) is 9.29. The molecule has 0 heterocycles. The van der Waals surface area contributed by atoms with E-state index in [2.05, 4.69) is 31.6 Å². The molecule has 0 spiro atoms. The maximum Gasteiger partial charge on any atom is 0.367 e. The fourth-order valence-corrected chi connectivity index (χ4v) is 2.65. The molecule has 0 N–H and O–H groups in total. The van der Waals surface area contributed by atoms with Gasteiger partial charge in [-0.25, -0.2) is 4.79 Å². The summed E-state index contributed by atoms with van der Waals surface area (Å²) in [6.07, 6.45) is 8.14. The van der Waals surface area contributed by atoms with Gasteiger partial charge in [0.15, 0.2) is 0 Å². The Balaban J connectivity index is 2.90. The van der Waals surface area contributed by atoms with Crippen LogP contribution in [0.1, 0.15) is 47.5 Å². The summed E-state index contributed by atoms with van der Waals surface area (Å²) in [7, 11) is 0. The number of carbonyl (C=O) groups is 1. The Morgan fingerprint density at radius 3 is 2.75 bits per heavy atom. The first-order valence-electron chi connectivity index (χ1n) is 7.18. The SMILES string of the molecule is CCOC(=O)/C(F)=C(C)/C=C/C1C(C)=CCCC1(C)C. The number of allylic oxidation sites excluding steroid dienone is 5. The number of hydrogen-bond acceptors (Lipinski definition) is 2. The Labute approximate surface area is 121 Å². The third-order valence-electron chi connectivity index (χ3n) is 3.93. The highest BCUT2D eigenvalue weighted by atomic mass is 19.1. The molecule has 3 heteroatoms. The van der Waals surface area contributed by atoms with Crippen molar-refractivity contribution in [2.24, 2.45) is 11.3 Å². The van der Waals surface area contributed by atoms with Crippen LogP contribution in [0.3, 0.4) is 0 Å². The lowest BCUT2D eigenvalue weighted by atomic mass is 9.68. The quantitative estimate of drug-likeness (QED) is 0.322. The van der Waals surface area contributed by atoms with Gasteiger partial charge in [-0.15, -0.1) is 0 Å². The second-order valence-electron chi connectivity index (χ2n) is 6.03. The molecule has 0 aliphatic heterocycles. The van der Waals surface area contributed by atoms with Crippen molar-refractivity contribution in [3.05, 3.63) is 35.2 Å². The third kappa shape index (κ3) is 4.06. The fourth-order valence-electron chi connectivity index (χ4n) is 2.65. The molecule has 0 aromatic rings. The molecule has 0 saturated carbocycles. The van der Waals surface area contributed by atoms with Gasteiger partial charge in [-0.05, 0) is 44.6 Å². The molecule has 0 bridgehead atoms. The lowest BCUT2D eigenvalue weighted by molar-refractivity contribution is -0.140. The second-order valence-corrected chi connectivity index (χ2v) is 6.03. The van der Waals surface area contributed by atoms with Crippen molar-refractivity contribution < 1.29 is 13.9 Å². The molecule has 0 saturated heterocycles. The average Bonchev–Trinajstić information content (AvgIpc) is 2.36. The third-order valence-corrected chi connectivity index (χ3v) is 3.93. The fraction of sp³-hybridized carbons (Fsp3) is 0.588. The van der Waals surface area contributed by atoms with E-state index in [1.54, 1.807) is 19.9 Å². The van der Waals surface area contributed by atoms with E-state index in [4.69, 9.17) is 0 Å². The summed E-state index contributed by atoms with van der Waals surface area (Å²) in [6, 6.07) is 0. The molecule has 0 aromatic carbocycles. The van der Waals surface area contributed by atoms with Crippen LogP contribution in [0.2, 0.25) is 0 Å². The number of rotatable bonds is 4. The Morgan fingerprint density at radius 2 is 2.20 bits per heavy atom. The van der Waals surface area contributed by atoms with E-state index in [1.165, 1.54) is 5.57 Å². The summed E-state index contributed by atoms with van der Waals surface area (Å²) in [5, 5.41) is 0. The molecule has 2 nitrogen and oxygen atoms in total. The smallest absolute Gasteiger partial charge is 0.367 e. The summed E-state index contributed by atoms with van der Waals surface area (Å²) in [5.74, 6) is -1.41. The first-order valence-corrected chi connectivity index (χ1v) is 7.18. The minimum atomic E-state index is -0.884. The van der Waals surface area contributed by atoms with Gasteiger partial charge < -0.3 is 4.74 Å². The van der Waals surface area contributed by atoms with Crippen molar-refractivity contribution in [3.63, 3.8) is 0 Å². The molecule has 1 unspecified atom stereocenters. The van der Waals surface area contributed by atoms with Crippen LogP contribution in [0.5, 0.6) is 0 Å². The van der Waals surface area contributed by atoms with Crippen LogP contribution in [0.4, 0.5) is 4.39 Å². The summed E-state index contributed by atoms with van der Waals surface area (Å²) >= 11 is 0. The molecule has 0 aromatic heterocycles. The van der Waals surface area contributed by atoms with Crippen molar-refractivity contribution in [1.29, 1.82) is 0 Å². The van der Waals surface area contributed by atoms with Crippen molar-refractivity contribution in [2.75, 3.05) is 6.61 Å². The zero-order chi connectivity index (χ0) is 15.3. The van der Waals surface area contributed by atoms with Crippen LogP contribution in [0, 0.1) is 11.3 Å². The van der Waals surface area contributed by atoms with Gasteiger partial charge in [0, 0.05) is 5.92 Å². The highest BCUT2D eigenvalue weighted by molar-refractivity contribution is 5.87. The summed E-state index contributed by atoms with van der Waals surface area (Å²) < 4.78 is 18.4. The monoisotopic (exact) mass is 280 g/mol. The van der Waals surface area contributed by atoms with E-state index in [0.29, 0.717) is 5.57 Å². The lowest BCUT2D eigenvalue weighted by Gasteiger charge is -2.36. The molecule has 0 radical (unpaired) electrons. The van der Waals surface area contributed by atoms with E-state index in [0.717, 1.165) is 12.8 Å². The maximum absolute atomic E-state index is 13.8. The van der Waals surface area contributed by atoms with E-state index < -0.39 is 11.8 Å². The van der Waals surface area contributed by atoms with Crippen molar-refractivity contribution in [3.8, 4) is 0 Å². The number of esters is 1. The standard InChI is InChI=1S/C17H25FO2/c1-6-20-16(19)15(18)13(3)9-10-14-12(2)8-7-11-17(14,4)5/h8-10,14H,6-7,11H2,1-5H3/b10-9+,15-13-. The lowest BCUT2D eigenvalue weighted by Crippen LogP contribution is -2.26. The van der Waals surface area contributed by atoms with Crippen molar-refractivity contribution in [1.82, 2.24) is 0 Å². The van der Waals surface area contributed by atoms with Gasteiger partial charge >= 0.3 is 5.97 Å². The summed E-state index contributed by atoms with van der Waals surface area (Å²) in [5.41, 5.74) is 1.79. The number of halogens is 1. The zero-order valence-corrected chi connectivity index (χ0v) is 13.1. The van der Waals surface area contributed by atoms with Gasteiger partial charge in [0.05, 0.1) is 6.61 Å². The molecule has 20 heavy (non-hydrogen) atoms. The van der Waals surface area contributed by atoms with E-state index in [-0.39, 0.29) is 17.9 Å². The van der Waals surface area contributed by atoms with Gasteiger partial charge in [-0.2, -0.15) is 4.39 Å². The highest BCUT2D eigenvalue weighted by Crippen LogP contribution is 2.41. The van der Waals surface area contributed by atoms with E-state index >= 15 is 0 Å². The number of hydrogen-bond donors (Lipinski definition) is 0. The Morgan fingerprint density at radius 1 is 1.55 bits per heavy atom. The number of carbonyl (C=O) groups excluding carboxylic acids is 1. The van der Waals surface area contributed by atoms with Crippen LogP contribution in [-0.4, -0.2) is 12.6 Å². The zero-order valence-electron chi connectivity index (χ0n) is 13.1. The molecule has 0 fully saturated rings. The Kier molecular flexibility index (Phi) is 5.73. The van der Waals surface area contributed by atoms with E-state index in [9.17, 15) is 9.18 Å². The molecule has 1 aliphatic rings. The molecule has 1 aliphatic carbocycles. The summed E-state index contributed by atoms with van der Waals surface area (Å²) in [6.45, 7) is 9.99. The molecule has 1 atom stereocenters. The predicted molar refractivity (Wildman–Crippen MR) is 79.8 cm³/mol. The van der Waals surface area contributed by atoms with Gasteiger partial charge in [0.1, 0.15) is 0 Å². The highest BCUT2D eigenvalue weighted by Gasteiger charge is 2.30. The molecule has 112 valence electrons. The molecular formula is C17H25FO2. The second kappa shape index (κ2) is 6.87. The van der Waals surface area contributed by atoms with Gasteiger partial charge in [-0.3, -0.25) is 0 Å². The van der Waals surface area contributed by atoms with Gasteiger partial charge in [0.2, 0.25) is 5.83 Å². The van der Waals surface area contributed by atoms with Crippen LogP contribution < -0.4 is 0 Å². The predicted octanol–water partition coefficient (Wildman–Crippen LogP) is 4.73. The van der Waals surface area contributed by atoms with Crippen LogP contribution >= 0.6 is 0 Å². The Bertz CT molecular complexity index is 456. The van der Waals surface area contributed by atoms with Crippen molar-refractivity contribution in [2.45, 2.75) is 47.5 Å². The largest absolute Gasteiger partial charge is 0.461 e. The normalized spacial score (nSPS) is 23.3. The maximum atomic E-state index is 13.8. The van der Waals surface area contributed by atoms with E-state index in [1.807, 2.05) is 6.08 Å².